The predicted molar refractivity (Wildman–Crippen MR) is 91.1 cm³/mol. The molecule has 2 bridgehead atoms. The Morgan fingerprint density at radius 3 is 2.50 bits per heavy atom. The number of nitrogens with one attached hydrogen (secondary N) is 1. The van der Waals surface area contributed by atoms with E-state index in [0.29, 0.717) is 5.76 Å². The number of hydrogen-bond donors (Lipinski definition) is 1. The number of amides is 2. The Balaban J connectivity index is 1.26. The van der Waals surface area contributed by atoms with Gasteiger partial charge >= 0.3 is 0 Å². The maximum atomic E-state index is 12.6. The van der Waals surface area contributed by atoms with Crippen molar-refractivity contribution in [1.82, 2.24) is 5.01 Å². The number of ether oxygens (including phenoxy) is 1. The van der Waals surface area contributed by atoms with Crippen LogP contribution in [0.15, 0.2) is 33.8 Å². The van der Waals surface area contributed by atoms with Crippen molar-refractivity contribution in [3.63, 3.8) is 0 Å². The zero-order valence-electron chi connectivity index (χ0n) is 14.5. The van der Waals surface area contributed by atoms with Gasteiger partial charge in [0.05, 0.1) is 31.3 Å². The third-order valence-corrected chi connectivity index (χ3v) is 6.05. The molecule has 2 amide bonds. The first-order valence-corrected chi connectivity index (χ1v) is 9.31. The Morgan fingerprint density at radius 2 is 1.81 bits per heavy atom. The summed E-state index contributed by atoms with van der Waals surface area (Å²) in [4.78, 5) is 26.6. The molecule has 3 fully saturated rings. The van der Waals surface area contributed by atoms with Crippen LogP contribution in [0, 0.1) is 23.7 Å². The molecule has 1 aromatic rings. The number of hydrogen-bond acceptors (Lipinski definition) is 5. The average Bonchev–Trinajstić information content (AvgIpc) is 3.41. The minimum absolute atomic E-state index is 0.169. The van der Waals surface area contributed by atoms with Gasteiger partial charge in [0, 0.05) is 0 Å². The molecule has 0 spiro atoms. The number of furan rings is 1. The first-order chi connectivity index (χ1) is 12.7. The van der Waals surface area contributed by atoms with E-state index in [1.165, 1.54) is 11.1 Å². The zero-order chi connectivity index (χ0) is 17.7. The van der Waals surface area contributed by atoms with Crippen LogP contribution < -0.4 is 4.90 Å². The number of carbonyl (C=O) groups is 2. The summed E-state index contributed by atoms with van der Waals surface area (Å²) in [6.45, 7) is 4.31. The molecular weight excluding hydrogens is 334 g/mol. The lowest BCUT2D eigenvalue weighted by atomic mass is 9.85. The van der Waals surface area contributed by atoms with E-state index in [1.807, 2.05) is 12.1 Å². The molecular formula is C19H22N3O4+. The lowest BCUT2D eigenvalue weighted by Crippen LogP contribution is -3.12. The topological polar surface area (TPSA) is 76.5 Å². The van der Waals surface area contributed by atoms with E-state index in [1.54, 1.807) is 0 Å². The van der Waals surface area contributed by atoms with Gasteiger partial charge in [-0.3, -0.25) is 9.59 Å². The third kappa shape index (κ3) is 2.54. The first-order valence-electron chi connectivity index (χ1n) is 9.31. The second-order valence-electron chi connectivity index (χ2n) is 7.58. The molecule has 0 unspecified atom stereocenters. The summed E-state index contributed by atoms with van der Waals surface area (Å²) < 4.78 is 11.2. The van der Waals surface area contributed by atoms with Gasteiger partial charge in [-0.15, -0.1) is 0 Å². The van der Waals surface area contributed by atoms with Gasteiger partial charge in [0.2, 0.25) is 0 Å². The standard InChI is InChI=1S/C19H21N3O4/c23-18-16-12-1-2-13(9-12)17(16)19(24)22(18)20-10-14-3-4-15(26-14)11-21-5-7-25-8-6-21/h1-4,10,12-13,16-17H,5-9,11H2/p+1/b20-10-/t12-,13+,16-,17+. The van der Waals surface area contributed by atoms with Crippen molar-refractivity contribution in [3.8, 4) is 0 Å². The average molecular weight is 356 g/mol. The van der Waals surface area contributed by atoms with Crippen molar-refractivity contribution < 1.29 is 23.6 Å². The summed E-state index contributed by atoms with van der Waals surface area (Å²) in [7, 11) is 0. The Hall–Kier alpha value is -2.25. The normalized spacial score (nSPS) is 33.8. The molecule has 7 heteroatoms. The smallest absolute Gasteiger partial charge is 0.254 e. The maximum absolute atomic E-state index is 12.6. The molecule has 4 atom stereocenters. The Bertz CT molecular complexity index is 762. The zero-order valence-corrected chi connectivity index (χ0v) is 14.5. The van der Waals surface area contributed by atoms with E-state index in [9.17, 15) is 9.59 Å². The quantitative estimate of drug-likeness (QED) is 0.462. The fourth-order valence-corrected chi connectivity index (χ4v) is 4.76. The van der Waals surface area contributed by atoms with Crippen molar-refractivity contribution in [3.05, 3.63) is 35.8 Å². The molecule has 1 saturated carbocycles. The van der Waals surface area contributed by atoms with E-state index in [0.717, 1.165) is 50.0 Å². The van der Waals surface area contributed by atoms with E-state index < -0.39 is 0 Å². The van der Waals surface area contributed by atoms with E-state index in [4.69, 9.17) is 9.15 Å². The molecule has 0 radical (unpaired) electrons. The SMILES string of the molecule is O=C1[C@@H]2[C@H](C(=O)N1/N=C\c1ccc(C[NH+]3CCOCC3)o1)[C@@H]1C=C[C@H]2C1. The van der Waals surface area contributed by atoms with Crippen LogP contribution in [0.1, 0.15) is 17.9 Å². The highest BCUT2D eigenvalue weighted by Gasteiger charge is 2.59. The number of quaternary nitrogens is 1. The summed E-state index contributed by atoms with van der Waals surface area (Å²) in [6.07, 6.45) is 6.56. The van der Waals surface area contributed by atoms with Crippen LogP contribution in [0.25, 0.3) is 0 Å². The summed E-state index contributed by atoms with van der Waals surface area (Å²) in [5.74, 6) is 1.07. The number of imide groups is 1. The Morgan fingerprint density at radius 1 is 1.12 bits per heavy atom. The van der Waals surface area contributed by atoms with Crippen molar-refractivity contribution in [2.75, 3.05) is 26.3 Å². The maximum Gasteiger partial charge on any atom is 0.254 e. The highest BCUT2D eigenvalue weighted by atomic mass is 16.5. The first kappa shape index (κ1) is 16.0. The molecule has 4 aliphatic rings. The van der Waals surface area contributed by atoms with E-state index in [2.05, 4.69) is 17.3 Å². The van der Waals surface area contributed by atoms with Crippen LogP contribution in [0.3, 0.4) is 0 Å². The Kier molecular flexibility index (Phi) is 3.79. The fraction of sp³-hybridized carbons (Fsp3) is 0.526. The highest BCUT2D eigenvalue weighted by Crippen LogP contribution is 2.52. The van der Waals surface area contributed by atoms with Crippen LogP contribution >= 0.6 is 0 Å². The number of hydrazone groups is 1. The number of rotatable bonds is 4. The van der Waals surface area contributed by atoms with Gasteiger partial charge in [-0.2, -0.15) is 10.1 Å². The molecule has 3 heterocycles. The predicted octanol–water partition coefficient (Wildman–Crippen LogP) is -0.164. The van der Waals surface area contributed by atoms with Crippen molar-refractivity contribution in [1.29, 1.82) is 0 Å². The molecule has 2 saturated heterocycles. The number of fused-ring (bicyclic) bond motifs is 5. The number of nitrogens with zero attached hydrogens (tertiary/aromatic N) is 2. The molecule has 1 N–H and O–H groups in total. The van der Waals surface area contributed by atoms with Gasteiger partial charge in [-0.25, -0.2) is 0 Å². The van der Waals surface area contributed by atoms with Crippen molar-refractivity contribution in [2.24, 2.45) is 28.8 Å². The van der Waals surface area contributed by atoms with Crippen LogP contribution in [-0.4, -0.2) is 49.3 Å². The monoisotopic (exact) mass is 356 g/mol. The molecule has 2 aliphatic carbocycles. The van der Waals surface area contributed by atoms with E-state index >= 15 is 0 Å². The van der Waals surface area contributed by atoms with Gasteiger partial charge in [0.15, 0.2) is 5.76 Å². The molecule has 2 aliphatic heterocycles. The second-order valence-corrected chi connectivity index (χ2v) is 7.58. The van der Waals surface area contributed by atoms with Gasteiger partial charge in [-0.05, 0) is 30.4 Å². The van der Waals surface area contributed by atoms with Gasteiger partial charge in [0.1, 0.15) is 25.4 Å². The molecule has 1 aromatic heterocycles. The summed E-state index contributed by atoms with van der Waals surface area (Å²) in [6, 6.07) is 3.76. The minimum atomic E-state index is -0.216. The lowest BCUT2D eigenvalue weighted by Gasteiger charge is -2.22. The van der Waals surface area contributed by atoms with Crippen LogP contribution in [-0.2, 0) is 20.9 Å². The van der Waals surface area contributed by atoms with E-state index in [-0.39, 0.29) is 35.5 Å². The molecule has 5 rings (SSSR count). The van der Waals surface area contributed by atoms with Crippen molar-refractivity contribution in [2.45, 2.75) is 13.0 Å². The number of carbonyl (C=O) groups excluding carboxylic acids is 2. The highest BCUT2D eigenvalue weighted by molar-refractivity contribution is 6.06. The number of allylic oxidation sites excluding steroid dienone is 2. The molecule has 136 valence electrons. The van der Waals surface area contributed by atoms with Gasteiger partial charge in [-0.1, -0.05) is 12.2 Å². The van der Waals surface area contributed by atoms with Gasteiger partial charge in [0.25, 0.3) is 11.8 Å². The van der Waals surface area contributed by atoms with Gasteiger partial charge < -0.3 is 14.1 Å². The fourth-order valence-electron chi connectivity index (χ4n) is 4.76. The van der Waals surface area contributed by atoms with Crippen LogP contribution in [0.4, 0.5) is 0 Å². The number of morpholine rings is 1. The molecule has 0 aromatic carbocycles. The third-order valence-electron chi connectivity index (χ3n) is 6.05. The Labute approximate surface area is 151 Å². The molecule has 26 heavy (non-hydrogen) atoms. The van der Waals surface area contributed by atoms with Crippen molar-refractivity contribution >= 4 is 18.0 Å². The lowest BCUT2D eigenvalue weighted by molar-refractivity contribution is -0.922. The summed E-state index contributed by atoms with van der Waals surface area (Å²) >= 11 is 0. The minimum Gasteiger partial charge on any atom is -0.454 e. The molecule has 7 nitrogen and oxygen atoms in total. The second kappa shape index (κ2) is 6.17. The summed E-state index contributed by atoms with van der Waals surface area (Å²) in [5.41, 5.74) is 0. The van der Waals surface area contributed by atoms with Crippen LogP contribution in [0.5, 0.6) is 0 Å². The van der Waals surface area contributed by atoms with Crippen LogP contribution in [0.2, 0.25) is 0 Å². The summed E-state index contributed by atoms with van der Waals surface area (Å²) in [5, 5.41) is 5.21. The largest absolute Gasteiger partial charge is 0.454 e.